The molecule has 3 rings (SSSR count). The quantitative estimate of drug-likeness (QED) is 0.572. The van der Waals surface area contributed by atoms with E-state index in [0.717, 1.165) is 36.0 Å². The Morgan fingerprint density at radius 3 is 2.63 bits per heavy atom. The third kappa shape index (κ3) is 4.83. The first kappa shape index (κ1) is 19.3. The topological polar surface area (TPSA) is 67.8 Å². The van der Waals surface area contributed by atoms with Gasteiger partial charge in [0.25, 0.3) is 0 Å². The lowest BCUT2D eigenvalue weighted by Gasteiger charge is -2.10. The van der Waals surface area contributed by atoms with Crippen molar-refractivity contribution in [3.8, 4) is 0 Å². The van der Waals surface area contributed by atoms with E-state index in [9.17, 15) is 18.0 Å². The number of anilines is 2. The molecule has 140 valence electrons. The fraction of sp³-hybridized carbons (Fsp3) is 0.176. The van der Waals surface area contributed by atoms with Crippen LogP contribution in [0.1, 0.15) is 28.5 Å². The van der Waals surface area contributed by atoms with E-state index < -0.39 is 23.2 Å². The van der Waals surface area contributed by atoms with Gasteiger partial charge in [0.05, 0.1) is 0 Å². The summed E-state index contributed by atoms with van der Waals surface area (Å²) in [6, 6.07) is 10.2. The number of Topliss-reactive ketones (excluding diaryl/α,β-unsaturated/α-hetero) is 1. The van der Waals surface area contributed by atoms with Crippen LogP contribution >= 0.6 is 23.1 Å². The molecule has 3 aromatic rings. The molecule has 2 heterocycles. The Morgan fingerprint density at radius 2 is 1.96 bits per heavy atom. The maximum absolute atomic E-state index is 13.1. The number of benzene rings is 1. The number of carbonyl (C=O) groups excluding carboxylic acids is 1. The smallest absolute Gasteiger partial charge is 0.330 e. The monoisotopic (exact) mass is 410 g/mol. The summed E-state index contributed by atoms with van der Waals surface area (Å²) in [6.45, 7) is 3.04. The van der Waals surface area contributed by atoms with Crippen molar-refractivity contribution in [1.82, 2.24) is 15.2 Å². The molecule has 0 fully saturated rings. The summed E-state index contributed by atoms with van der Waals surface area (Å²) in [6.07, 6.45) is -4.71. The highest BCUT2D eigenvalue weighted by Crippen LogP contribution is 2.36. The molecule has 1 aromatic carbocycles. The molecule has 0 amide bonds. The minimum Gasteiger partial charge on any atom is -0.330 e. The molecule has 0 atom stereocenters. The third-order valence-electron chi connectivity index (χ3n) is 3.39. The van der Waals surface area contributed by atoms with Crippen LogP contribution in [0, 0.1) is 6.92 Å². The summed E-state index contributed by atoms with van der Waals surface area (Å²) in [5.74, 6) is -0.688. The fourth-order valence-electron chi connectivity index (χ4n) is 2.24. The van der Waals surface area contributed by atoms with Gasteiger partial charge < -0.3 is 5.32 Å². The van der Waals surface area contributed by atoms with E-state index in [0.29, 0.717) is 9.47 Å². The zero-order valence-electron chi connectivity index (χ0n) is 14.2. The van der Waals surface area contributed by atoms with E-state index >= 15 is 0 Å². The molecule has 2 aromatic heterocycles. The number of ketones is 1. The minimum atomic E-state index is -4.71. The summed E-state index contributed by atoms with van der Waals surface area (Å²) < 4.78 is 39.9. The van der Waals surface area contributed by atoms with Crippen LogP contribution in [0.5, 0.6) is 0 Å². The maximum atomic E-state index is 13.1. The largest absolute Gasteiger partial charge is 0.434 e. The molecule has 1 N–H and O–H groups in total. The zero-order valence-corrected chi connectivity index (χ0v) is 15.8. The van der Waals surface area contributed by atoms with E-state index in [2.05, 4.69) is 20.5 Å². The number of halogens is 3. The lowest BCUT2D eigenvalue weighted by Crippen LogP contribution is -2.14. The Hall–Kier alpha value is -2.46. The first-order valence-electron chi connectivity index (χ1n) is 7.66. The van der Waals surface area contributed by atoms with Gasteiger partial charge in [-0.3, -0.25) is 4.79 Å². The molecule has 0 aliphatic rings. The number of pyridine rings is 1. The first-order chi connectivity index (χ1) is 12.7. The number of hydrogen-bond donors (Lipinski definition) is 1. The van der Waals surface area contributed by atoms with Crippen LogP contribution in [0.25, 0.3) is 0 Å². The first-order valence-corrected chi connectivity index (χ1v) is 9.30. The normalized spacial score (nSPS) is 11.4. The predicted molar refractivity (Wildman–Crippen MR) is 97.7 cm³/mol. The van der Waals surface area contributed by atoms with Gasteiger partial charge in [-0.05, 0) is 55.4 Å². The Morgan fingerprint density at radius 1 is 1.19 bits per heavy atom. The van der Waals surface area contributed by atoms with Gasteiger partial charge in [-0.1, -0.05) is 23.5 Å². The van der Waals surface area contributed by atoms with Crippen LogP contribution in [-0.2, 0) is 6.18 Å². The van der Waals surface area contributed by atoms with Crippen LogP contribution in [0.2, 0.25) is 0 Å². The Bertz CT molecular complexity index is 988. The SMILES string of the molecule is CC(=O)c1ccc(Sc2nnc(Nc3cccc(C)c3)s2)nc1C(F)(F)F. The number of aromatic nitrogens is 3. The number of carbonyl (C=O) groups is 1. The minimum absolute atomic E-state index is 0.0885. The highest BCUT2D eigenvalue weighted by Gasteiger charge is 2.37. The van der Waals surface area contributed by atoms with Gasteiger partial charge >= 0.3 is 6.18 Å². The van der Waals surface area contributed by atoms with E-state index in [1.165, 1.54) is 17.4 Å². The number of alkyl halides is 3. The average molecular weight is 410 g/mol. The van der Waals surface area contributed by atoms with Crippen molar-refractivity contribution in [2.75, 3.05) is 5.32 Å². The number of nitrogens with zero attached hydrogens (tertiary/aromatic N) is 3. The molecule has 0 spiro atoms. The summed E-state index contributed by atoms with van der Waals surface area (Å²) >= 11 is 2.15. The standard InChI is InChI=1S/C17H13F3N4OS2/c1-9-4-3-5-11(8-9)21-15-23-24-16(27-15)26-13-7-6-12(10(2)25)14(22-13)17(18,19)20/h3-8H,1-2H3,(H,21,23). The van der Waals surface area contributed by atoms with Crippen LogP contribution in [0.15, 0.2) is 45.8 Å². The maximum Gasteiger partial charge on any atom is 0.434 e. The molecule has 5 nitrogen and oxygen atoms in total. The van der Waals surface area contributed by atoms with Crippen LogP contribution in [0.4, 0.5) is 24.0 Å². The van der Waals surface area contributed by atoms with Gasteiger partial charge in [0.2, 0.25) is 5.13 Å². The molecule has 0 radical (unpaired) electrons. The molecule has 10 heteroatoms. The molecule has 0 aliphatic carbocycles. The second kappa shape index (κ2) is 7.65. The van der Waals surface area contributed by atoms with Crippen LogP contribution in [0.3, 0.4) is 0 Å². The molecule has 0 saturated heterocycles. The number of rotatable bonds is 5. The van der Waals surface area contributed by atoms with Crippen molar-refractivity contribution < 1.29 is 18.0 Å². The van der Waals surface area contributed by atoms with Gasteiger partial charge in [-0.25, -0.2) is 4.98 Å². The summed E-state index contributed by atoms with van der Waals surface area (Å²) in [5.41, 5.74) is 0.271. The number of nitrogens with one attached hydrogen (secondary N) is 1. The second-order valence-corrected chi connectivity index (χ2v) is 7.81. The van der Waals surface area contributed by atoms with Crippen molar-refractivity contribution in [1.29, 1.82) is 0 Å². The van der Waals surface area contributed by atoms with E-state index in [1.807, 2.05) is 31.2 Å². The number of aryl methyl sites for hydroxylation is 1. The average Bonchev–Trinajstić information content (AvgIpc) is 3.00. The lowest BCUT2D eigenvalue weighted by molar-refractivity contribution is -0.141. The fourth-order valence-corrected chi connectivity index (χ4v) is 3.93. The Kier molecular flexibility index (Phi) is 5.47. The van der Waals surface area contributed by atoms with Gasteiger partial charge in [-0.15, -0.1) is 10.2 Å². The van der Waals surface area contributed by atoms with Crippen LogP contribution in [-0.4, -0.2) is 21.0 Å². The third-order valence-corrected chi connectivity index (χ3v) is 5.21. The van der Waals surface area contributed by atoms with Crippen molar-refractivity contribution in [2.45, 2.75) is 29.4 Å². The summed E-state index contributed by atoms with van der Waals surface area (Å²) in [7, 11) is 0. The van der Waals surface area contributed by atoms with E-state index in [4.69, 9.17) is 0 Å². The van der Waals surface area contributed by atoms with Gasteiger partial charge in [0.15, 0.2) is 15.8 Å². The molecule has 0 bridgehead atoms. The van der Waals surface area contributed by atoms with Crippen molar-refractivity contribution >= 4 is 39.7 Å². The van der Waals surface area contributed by atoms with Gasteiger partial charge in [0, 0.05) is 11.3 Å². The highest BCUT2D eigenvalue weighted by molar-refractivity contribution is 8.01. The summed E-state index contributed by atoms with van der Waals surface area (Å²) in [5, 5.41) is 11.6. The Balaban J connectivity index is 1.80. The van der Waals surface area contributed by atoms with Crippen molar-refractivity contribution in [2.24, 2.45) is 0 Å². The molecular formula is C17H13F3N4OS2. The number of hydrogen-bond acceptors (Lipinski definition) is 7. The van der Waals surface area contributed by atoms with E-state index in [1.54, 1.807) is 0 Å². The molecular weight excluding hydrogens is 397 g/mol. The lowest BCUT2D eigenvalue weighted by atomic mass is 10.1. The predicted octanol–water partition coefficient (Wildman–Crippen LogP) is 5.36. The van der Waals surface area contributed by atoms with Crippen molar-refractivity contribution in [3.63, 3.8) is 0 Å². The molecule has 27 heavy (non-hydrogen) atoms. The second-order valence-electron chi connectivity index (χ2n) is 5.57. The van der Waals surface area contributed by atoms with Gasteiger partial charge in [0.1, 0.15) is 5.03 Å². The zero-order chi connectivity index (χ0) is 19.6. The van der Waals surface area contributed by atoms with E-state index in [-0.39, 0.29) is 5.03 Å². The van der Waals surface area contributed by atoms with Crippen LogP contribution < -0.4 is 5.32 Å². The Labute approximate surface area is 161 Å². The molecule has 0 aliphatic heterocycles. The highest BCUT2D eigenvalue weighted by atomic mass is 32.2. The summed E-state index contributed by atoms with van der Waals surface area (Å²) in [4.78, 5) is 15.0. The van der Waals surface area contributed by atoms with Crippen molar-refractivity contribution in [3.05, 3.63) is 53.2 Å². The van der Waals surface area contributed by atoms with Gasteiger partial charge in [-0.2, -0.15) is 13.2 Å². The molecule has 0 unspecified atom stereocenters. The molecule has 0 saturated carbocycles.